The number of rotatable bonds is 8. The quantitative estimate of drug-likeness (QED) is 0.562. The predicted molar refractivity (Wildman–Crippen MR) is 130 cm³/mol. The van der Waals surface area contributed by atoms with Gasteiger partial charge in [0, 0.05) is 24.4 Å². The monoisotopic (exact) mass is 449 g/mol. The van der Waals surface area contributed by atoms with Gasteiger partial charge >= 0.3 is 5.97 Å². The molecule has 2 aliphatic rings. The zero-order valence-electron chi connectivity index (χ0n) is 20.0. The highest BCUT2D eigenvalue weighted by Crippen LogP contribution is 2.45. The van der Waals surface area contributed by atoms with Gasteiger partial charge in [0.2, 0.25) is 0 Å². The number of ether oxygens (including phenoxy) is 1. The van der Waals surface area contributed by atoms with E-state index in [0.29, 0.717) is 5.92 Å². The van der Waals surface area contributed by atoms with Crippen LogP contribution in [0.3, 0.4) is 0 Å². The van der Waals surface area contributed by atoms with E-state index in [2.05, 4.69) is 41.4 Å². The molecule has 1 unspecified atom stereocenters. The molecule has 0 bridgehead atoms. The number of aliphatic carboxylic acids is 1. The van der Waals surface area contributed by atoms with Crippen LogP contribution in [-0.4, -0.2) is 47.2 Å². The molecule has 5 nitrogen and oxygen atoms in total. The summed E-state index contributed by atoms with van der Waals surface area (Å²) in [6.45, 7) is 4.25. The number of piperidine rings is 1. The van der Waals surface area contributed by atoms with Crippen molar-refractivity contribution in [3.8, 4) is 5.75 Å². The number of hydrogen-bond acceptors (Lipinski definition) is 4. The molecule has 0 amide bonds. The van der Waals surface area contributed by atoms with Gasteiger partial charge in [-0.15, -0.1) is 0 Å². The number of nitrogens with zero attached hydrogens (tertiary/aromatic N) is 2. The second-order valence-electron chi connectivity index (χ2n) is 9.79. The first-order chi connectivity index (χ1) is 16.0. The van der Waals surface area contributed by atoms with Gasteiger partial charge in [-0.2, -0.15) is 0 Å². The minimum absolute atomic E-state index is 0.0377. The molecule has 1 saturated heterocycles. The number of benzene rings is 1. The lowest BCUT2D eigenvalue weighted by Gasteiger charge is -2.43. The lowest BCUT2D eigenvalue weighted by molar-refractivity contribution is -0.149. The van der Waals surface area contributed by atoms with E-state index in [9.17, 15) is 9.90 Å². The number of carboxylic acid groups (broad SMARTS) is 1. The van der Waals surface area contributed by atoms with Crippen LogP contribution in [0.1, 0.15) is 74.8 Å². The Kier molecular flexibility index (Phi) is 7.69. The van der Waals surface area contributed by atoms with Crippen molar-refractivity contribution in [2.45, 2.75) is 69.7 Å². The molecule has 177 valence electrons. The second kappa shape index (κ2) is 10.7. The first-order valence-electron chi connectivity index (χ1n) is 12.4. The van der Waals surface area contributed by atoms with Gasteiger partial charge < -0.3 is 9.84 Å². The van der Waals surface area contributed by atoms with Crippen molar-refractivity contribution in [1.82, 2.24) is 9.88 Å². The number of para-hydroxylation sites is 1. The largest absolute Gasteiger partial charge is 0.496 e. The van der Waals surface area contributed by atoms with Crippen LogP contribution in [0.5, 0.6) is 5.75 Å². The molecule has 1 radical (unpaired) electrons. The van der Waals surface area contributed by atoms with Crippen LogP contribution in [0.15, 0.2) is 48.8 Å². The van der Waals surface area contributed by atoms with E-state index in [4.69, 9.17) is 4.74 Å². The minimum Gasteiger partial charge on any atom is -0.496 e. The Morgan fingerprint density at radius 3 is 2.52 bits per heavy atom. The van der Waals surface area contributed by atoms with Crippen molar-refractivity contribution in [1.29, 1.82) is 0 Å². The molecule has 2 fully saturated rings. The van der Waals surface area contributed by atoms with Gasteiger partial charge in [-0.3, -0.25) is 14.7 Å². The van der Waals surface area contributed by atoms with Gasteiger partial charge in [-0.25, -0.2) is 0 Å². The van der Waals surface area contributed by atoms with Crippen LogP contribution in [0.4, 0.5) is 0 Å². The summed E-state index contributed by atoms with van der Waals surface area (Å²) in [6.07, 6.45) is 12.6. The van der Waals surface area contributed by atoms with E-state index in [1.165, 1.54) is 5.56 Å². The Morgan fingerprint density at radius 1 is 1.15 bits per heavy atom. The summed E-state index contributed by atoms with van der Waals surface area (Å²) in [5, 5.41) is 10.2. The molecule has 1 aromatic heterocycles. The third-order valence-electron chi connectivity index (χ3n) is 7.94. The topological polar surface area (TPSA) is 62.7 Å². The molecule has 0 spiro atoms. The SMILES string of the molecule is COc1ccccc1C1CCN(C(C)[C@H]([CH]C2(C(=O)O)CCCCC2)c2cccnc2)CC1. The minimum atomic E-state index is -0.733. The molecule has 1 aromatic carbocycles. The van der Waals surface area contributed by atoms with Crippen molar-refractivity contribution in [2.75, 3.05) is 20.2 Å². The first kappa shape index (κ1) is 23.7. The maximum Gasteiger partial charge on any atom is 0.309 e. The maximum absolute atomic E-state index is 12.4. The van der Waals surface area contributed by atoms with Gasteiger partial charge in [-0.05, 0) is 81.3 Å². The van der Waals surface area contributed by atoms with Crippen LogP contribution in [0.25, 0.3) is 0 Å². The molecule has 5 heteroatoms. The van der Waals surface area contributed by atoms with Crippen molar-refractivity contribution in [2.24, 2.45) is 5.41 Å². The van der Waals surface area contributed by atoms with Crippen molar-refractivity contribution >= 4 is 5.97 Å². The average molecular weight is 450 g/mol. The Hall–Kier alpha value is -2.40. The Labute approximate surface area is 198 Å². The Bertz CT molecular complexity index is 902. The summed E-state index contributed by atoms with van der Waals surface area (Å²) >= 11 is 0. The Morgan fingerprint density at radius 2 is 1.88 bits per heavy atom. The van der Waals surface area contributed by atoms with Crippen molar-refractivity contribution in [3.63, 3.8) is 0 Å². The number of carbonyl (C=O) groups is 1. The van der Waals surface area contributed by atoms with Crippen molar-refractivity contribution < 1.29 is 14.6 Å². The molecule has 2 heterocycles. The van der Waals surface area contributed by atoms with E-state index >= 15 is 0 Å². The third-order valence-corrected chi connectivity index (χ3v) is 7.94. The summed E-state index contributed by atoms with van der Waals surface area (Å²) < 4.78 is 5.61. The predicted octanol–water partition coefficient (Wildman–Crippen LogP) is 5.68. The molecule has 1 N–H and O–H groups in total. The van der Waals surface area contributed by atoms with E-state index in [-0.39, 0.29) is 12.0 Å². The van der Waals surface area contributed by atoms with E-state index in [1.807, 2.05) is 24.4 Å². The fourth-order valence-electron chi connectivity index (χ4n) is 5.91. The van der Waals surface area contributed by atoms with Gasteiger partial charge in [0.1, 0.15) is 5.75 Å². The molecular formula is C28H37N2O3. The fraction of sp³-hybridized carbons (Fsp3) is 0.536. The summed E-state index contributed by atoms with van der Waals surface area (Å²) in [5.74, 6) is 0.842. The smallest absolute Gasteiger partial charge is 0.309 e. The molecule has 1 aliphatic heterocycles. The van der Waals surface area contributed by atoms with Crippen LogP contribution in [0.2, 0.25) is 0 Å². The number of hydrogen-bond donors (Lipinski definition) is 1. The Balaban J connectivity index is 1.51. The molecule has 4 rings (SSSR count). The lowest BCUT2D eigenvalue weighted by atomic mass is 9.66. The highest BCUT2D eigenvalue weighted by Gasteiger charge is 2.44. The number of carboxylic acids is 1. The number of likely N-dealkylation sites (tertiary alicyclic amines) is 1. The summed E-state index contributed by atoms with van der Waals surface area (Å²) in [4.78, 5) is 19.3. The van der Waals surface area contributed by atoms with E-state index < -0.39 is 11.4 Å². The molecule has 1 saturated carbocycles. The molecule has 2 atom stereocenters. The van der Waals surface area contributed by atoms with Gasteiger partial charge in [0.25, 0.3) is 0 Å². The second-order valence-corrected chi connectivity index (χ2v) is 9.79. The van der Waals surface area contributed by atoms with Gasteiger partial charge in [0.05, 0.1) is 12.5 Å². The molecule has 1 aliphatic carbocycles. The zero-order chi connectivity index (χ0) is 23.3. The normalized spacial score (nSPS) is 21.3. The van der Waals surface area contributed by atoms with Crippen LogP contribution >= 0.6 is 0 Å². The zero-order valence-corrected chi connectivity index (χ0v) is 20.0. The summed E-state index contributed by atoms with van der Waals surface area (Å²) in [7, 11) is 1.74. The average Bonchev–Trinajstić information content (AvgIpc) is 2.88. The standard InChI is InChI=1S/C28H37N2O3/c1-21(30-17-12-22(13-18-30)24-10-4-5-11-26(24)33-2)25(23-9-8-16-29-20-23)19-28(27(31)32)14-6-3-7-15-28/h4-5,8-11,16,19-22,25H,3,6-7,12-15,17-18H2,1-2H3,(H,31,32)/t21?,25-/m0/s1. The van der Waals surface area contributed by atoms with E-state index in [1.54, 1.807) is 13.3 Å². The first-order valence-corrected chi connectivity index (χ1v) is 12.4. The molecule has 33 heavy (non-hydrogen) atoms. The number of aromatic nitrogens is 1. The summed E-state index contributed by atoms with van der Waals surface area (Å²) in [5.41, 5.74) is 1.68. The molecular weight excluding hydrogens is 412 g/mol. The third kappa shape index (κ3) is 5.24. The van der Waals surface area contributed by atoms with Crippen molar-refractivity contribution in [3.05, 3.63) is 66.3 Å². The highest BCUT2D eigenvalue weighted by atomic mass is 16.5. The van der Waals surface area contributed by atoms with Crippen LogP contribution in [0, 0.1) is 11.8 Å². The van der Waals surface area contributed by atoms with E-state index in [0.717, 1.165) is 69.3 Å². The number of methoxy groups -OCH3 is 1. The lowest BCUT2D eigenvalue weighted by Crippen LogP contribution is -2.45. The maximum atomic E-state index is 12.4. The van der Waals surface area contributed by atoms with Crippen LogP contribution < -0.4 is 4.74 Å². The van der Waals surface area contributed by atoms with Gasteiger partial charge in [-0.1, -0.05) is 43.5 Å². The van der Waals surface area contributed by atoms with Gasteiger partial charge in [0.15, 0.2) is 0 Å². The van der Waals surface area contributed by atoms with Crippen LogP contribution in [-0.2, 0) is 4.79 Å². The molecule has 2 aromatic rings. The fourth-order valence-corrected chi connectivity index (χ4v) is 5.91. The number of pyridine rings is 1. The summed E-state index contributed by atoms with van der Waals surface area (Å²) in [6, 6.07) is 12.6. The highest BCUT2D eigenvalue weighted by molar-refractivity contribution is 5.77.